The Bertz CT molecular complexity index is 313. The normalized spacial score (nSPS) is 10.2. The molecule has 0 bridgehead atoms. The summed E-state index contributed by atoms with van der Waals surface area (Å²) < 4.78 is 9.91. The molecular weight excluding hydrogens is 196 g/mol. The van der Waals surface area contributed by atoms with E-state index in [2.05, 4.69) is 0 Å². The van der Waals surface area contributed by atoms with Crippen LogP contribution in [0.5, 0.6) is 0 Å². The van der Waals surface area contributed by atoms with Gasteiger partial charge in [0.15, 0.2) is 5.76 Å². The molecule has 0 radical (unpaired) electrons. The lowest BCUT2D eigenvalue weighted by Gasteiger charge is -1.99. The smallest absolute Gasteiger partial charge is 0.205 e. The minimum atomic E-state index is -0.276. The molecular formula is C11H14O4. The Morgan fingerprint density at radius 2 is 2.27 bits per heavy atom. The van der Waals surface area contributed by atoms with E-state index in [1.807, 2.05) is 6.92 Å². The van der Waals surface area contributed by atoms with Crippen molar-refractivity contribution in [3.05, 3.63) is 24.2 Å². The van der Waals surface area contributed by atoms with Crippen LogP contribution in [0.25, 0.3) is 0 Å². The second kappa shape index (κ2) is 6.14. The lowest BCUT2D eigenvalue weighted by Crippen LogP contribution is -2.10. The van der Waals surface area contributed by atoms with Gasteiger partial charge in [0, 0.05) is 13.0 Å². The van der Waals surface area contributed by atoms with Crippen LogP contribution in [0.3, 0.4) is 0 Å². The molecule has 0 saturated carbocycles. The number of hydrogen-bond acceptors (Lipinski definition) is 4. The summed E-state index contributed by atoms with van der Waals surface area (Å²) in [5.74, 6) is -0.161. The molecule has 1 heterocycles. The molecule has 0 atom stereocenters. The summed E-state index contributed by atoms with van der Waals surface area (Å²) in [6, 6.07) is 3.18. The second-order valence-electron chi connectivity index (χ2n) is 3.06. The van der Waals surface area contributed by atoms with Crippen LogP contribution in [0, 0.1) is 0 Å². The minimum absolute atomic E-state index is 0.111. The number of ether oxygens (including phenoxy) is 1. The van der Waals surface area contributed by atoms with Gasteiger partial charge in [-0.25, -0.2) is 0 Å². The average molecular weight is 210 g/mol. The van der Waals surface area contributed by atoms with Crippen LogP contribution in [0.15, 0.2) is 22.8 Å². The number of carbonyl (C=O) groups is 2. The van der Waals surface area contributed by atoms with Gasteiger partial charge in [0.25, 0.3) is 0 Å². The fraction of sp³-hybridized carbons (Fsp3) is 0.455. The maximum atomic E-state index is 11.4. The third-order valence-electron chi connectivity index (χ3n) is 1.88. The highest BCUT2D eigenvalue weighted by atomic mass is 16.5. The van der Waals surface area contributed by atoms with Crippen LogP contribution < -0.4 is 0 Å². The molecule has 0 amide bonds. The summed E-state index contributed by atoms with van der Waals surface area (Å²) in [5, 5.41) is 0. The van der Waals surface area contributed by atoms with Crippen molar-refractivity contribution in [3.8, 4) is 0 Å². The standard InChI is InChI=1S/C11H14O4/c1-2-14-7-5-9(12)8-10(13)11-4-3-6-15-11/h3-4,6H,2,5,7-8H2,1H3. The van der Waals surface area contributed by atoms with E-state index in [-0.39, 0.29) is 30.2 Å². The number of rotatable bonds is 7. The highest BCUT2D eigenvalue weighted by Crippen LogP contribution is 2.05. The Hall–Kier alpha value is -1.42. The van der Waals surface area contributed by atoms with Gasteiger partial charge in [-0.15, -0.1) is 0 Å². The molecule has 0 unspecified atom stereocenters. The Morgan fingerprint density at radius 3 is 2.87 bits per heavy atom. The number of ketones is 2. The third kappa shape index (κ3) is 4.08. The van der Waals surface area contributed by atoms with Crippen molar-refractivity contribution in [1.82, 2.24) is 0 Å². The van der Waals surface area contributed by atoms with E-state index in [4.69, 9.17) is 9.15 Å². The molecule has 0 aliphatic carbocycles. The van der Waals surface area contributed by atoms with Crippen LogP contribution in [0.1, 0.15) is 30.3 Å². The zero-order chi connectivity index (χ0) is 11.1. The Balaban J connectivity index is 2.29. The molecule has 0 aliphatic rings. The maximum absolute atomic E-state index is 11.4. The number of furan rings is 1. The van der Waals surface area contributed by atoms with Gasteiger partial charge in [-0.3, -0.25) is 9.59 Å². The van der Waals surface area contributed by atoms with Crippen molar-refractivity contribution in [2.24, 2.45) is 0 Å². The Morgan fingerprint density at radius 1 is 1.47 bits per heavy atom. The largest absolute Gasteiger partial charge is 0.461 e. The van der Waals surface area contributed by atoms with E-state index in [0.29, 0.717) is 13.2 Å². The zero-order valence-electron chi connectivity index (χ0n) is 8.69. The van der Waals surface area contributed by atoms with Crippen LogP contribution in [0.2, 0.25) is 0 Å². The molecule has 0 aromatic carbocycles. The summed E-state index contributed by atoms with van der Waals surface area (Å²) in [6.07, 6.45) is 1.58. The summed E-state index contributed by atoms with van der Waals surface area (Å²) in [7, 11) is 0. The molecule has 1 rings (SSSR count). The molecule has 4 nitrogen and oxygen atoms in total. The van der Waals surface area contributed by atoms with Gasteiger partial charge in [-0.2, -0.15) is 0 Å². The van der Waals surface area contributed by atoms with Crippen molar-refractivity contribution in [2.45, 2.75) is 19.8 Å². The SMILES string of the molecule is CCOCCC(=O)CC(=O)c1ccco1. The summed E-state index contributed by atoms with van der Waals surface area (Å²) in [4.78, 5) is 22.7. The second-order valence-corrected chi connectivity index (χ2v) is 3.06. The summed E-state index contributed by atoms with van der Waals surface area (Å²) in [6.45, 7) is 2.82. The zero-order valence-corrected chi connectivity index (χ0v) is 8.69. The number of carbonyl (C=O) groups excluding carboxylic acids is 2. The molecule has 0 N–H and O–H groups in total. The van der Waals surface area contributed by atoms with Crippen molar-refractivity contribution in [3.63, 3.8) is 0 Å². The van der Waals surface area contributed by atoms with Gasteiger partial charge in [0.05, 0.1) is 19.3 Å². The van der Waals surface area contributed by atoms with Gasteiger partial charge in [0.1, 0.15) is 5.78 Å². The molecule has 82 valence electrons. The fourth-order valence-electron chi connectivity index (χ4n) is 1.12. The van der Waals surface area contributed by atoms with Gasteiger partial charge >= 0.3 is 0 Å². The first-order chi connectivity index (χ1) is 7.24. The van der Waals surface area contributed by atoms with Gasteiger partial charge in [0.2, 0.25) is 5.78 Å². The van der Waals surface area contributed by atoms with E-state index in [0.717, 1.165) is 0 Å². The summed E-state index contributed by atoms with van der Waals surface area (Å²) >= 11 is 0. The summed E-state index contributed by atoms with van der Waals surface area (Å²) in [5.41, 5.74) is 0. The quantitative estimate of drug-likeness (QED) is 0.391. The van der Waals surface area contributed by atoms with Crippen molar-refractivity contribution >= 4 is 11.6 Å². The predicted octanol–water partition coefficient (Wildman–Crippen LogP) is 1.85. The molecule has 4 heteroatoms. The number of Topliss-reactive ketones (excluding diaryl/α,β-unsaturated/α-hetero) is 2. The maximum Gasteiger partial charge on any atom is 0.205 e. The highest BCUT2D eigenvalue weighted by molar-refractivity contribution is 6.06. The first-order valence-corrected chi connectivity index (χ1v) is 4.90. The van der Waals surface area contributed by atoms with Crippen molar-refractivity contribution < 1.29 is 18.7 Å². The predicted molar refractivity (Wildman–Crippen MR) is 53.8 cm³/mol. The molecule has 15 heavy (non-hydrogen) atoms. The van der Waals surface area contributed by atoms with E-state index >= 15 is 0 Å². The van der Waals surface area contributed by atoms with Crippen molar-refractivity contribution in [1.29, 1.82) is 0 Å². The Labute approximate surface area is 88.2 Å². The van der Waals surface area contributed by atoms with Crippen LogP contribution in [0.4, 0.5) is 0 Å². The molecule has 1 aromatic rings. The van der Waals surface area contributed by atoms with E-state index < -0.39 is 0 Å². The molecule has 0 spiro atoms. The van der Waals surface area contributed by atoms with Gasteiger partial charge in [-0.05, 0) is 19.1 Å². The topological polar surface area (TPSA) is 56.5 Å². The van der Waals surface area contributed by atoms with Gasteiger partial charge < -0.3 is 9.15 Å². The lowest BCUT2D eigenvalue weighted by atomic mass is 10.1. The molecule has 0 aliphatic heterocycles. The first kappa shape index (κ1) is 11.7. The fourth-order valence-corrected chi connectivity index (χ4v) is 1.12. The van der Waals surface area contributed by atoms with E-state index in [9.17, 15) is 9.59 Å². The minimum Gasteiger partial charge on any atom is -0.461 e. The third-order valence-corrected chi connectivity index (χ3v) is 1.88. The van der Waals surface area contributed by atoms with Crippen LogP contribution in [-0.2, 0) is 9.53 Å². The Kier molecular flexibility index (Phi) is 4.77. The van der Waals surface area contributed by atoms with Crippen LogP contribution in [-0.4, -0.2) is 24.8 Å². The lowest BCUT2D eigenvalue weighted by molar-refractivity contribution is -0.119. The van der Waals surface area contributed by atoms with Gasteiger partial charge in [-0.1, -0.05) is 0 Å². The average Bonchev–Trinajstić information content (AvgIpc) is 2.70. The molecule has 1 aromatic heterocycles. The van der Waals surface area contributed by atoms with Crippen LogP contribution >= 0.6 is 0 Å². The number of hydrogen-bond donors (Lipinski definition) is 0. The van der Waals surface area contributed by atoms with E-state index in [1.54, 1.807) is 12.1 Å². The highest BCUT2D eigenvalue weighted by Gasteiger charge is 2.13. The molecule has 0 fully saturated rings. The first-order valence-electron chi connectivity index (χ1n) is 4.90. The van der Waals surface area contributed by atoms with Crippen molar-refractivity contribution in [2.75, 3.05) is 13.2 Å². The van der Waals surface area contributed by atoms with E-state index in [1.165, 1.54) is 6.26 Å². The monoisotopic (exact) mass is 210 g/mol. The molecule has 0 saturated heterocycles.